The lowest BCUT2D eigenvalue weighted by molar-refractivity contribution is 0.588. The van der Waals surface area contributed by atoms with Gasteiger partial charge in [0.15, 0.2) is 0 Å². The van der Waals surface area contributed by atoms with Gasteiger partial charge in [0.2, 0.25) is 0 Å². The Morgan fingerprint density at radius 3 is 3.11 bits per heavy atom. The Kier molecular flexibility index (Phi) is 3.83. The Morgan fingerprint density at radius 1 is 1.37 bits per heavy atom. The molecular weight excluding hydrogens is 238 g/mol. The lowest BCUT2D eigenvalue weighted by atomic mass is 10.2. The average molecular weight is 257 g/mol. The summed E-state index contributed by atoms with van der Waals surface area (Å²) >= 11 is 0. The first kappa shape index (κ1) is 12.3. The molecule has 1 aliphatic rings. The van der Waals surface area contributed by atoms with Crippen LogP contribution in [0.15, 0.2) is 30.7 Å². The van der Waals surface area contributed by atoms with Crippen LogP contribution in [-0.4, -0.2) is 26.5 Å². The highest BCUT2D eigenvalue weighted by molar-refractivity contribution is 5.08. The van der Waals surface area contributed by atoms with Gasteiger partial charge >= 0.3 is 0 Å². The van der Waals surface area contributed by atoms with E-state index < -0.39 is 0 Å². The molecule has 5 heteroatoms. The van der Waals surface area contributed by atoms with Crippen LogP contribution in [0.25, 0.3) is 0 Å². The molecule has 0 aliphatic heterocycles. The first-order chi connectivity index (χ1) is 9.40. The molecule has 0 bridgehead atoms. The molecule has 2 aromatic rings. The summed E-state index contributed by atoms with van der Waals surface area (Å²) in [5, 5.41) is 11.8. The van der Waals surface area contributed by atoms with Crippen LogP contribution < -0.4 is 5.32 Å². The second kappa shape index (κ2) is 5.93. The third-order valence-corrected chi connectivity index (χ3v) is 3.37. The summed E-state index contributed by atoms with van der Waals surface area (Å²) in [5.74, 6) is 0.903. The average Bonchev–Trinajstić information content (AvgIpc) is 3.16. The van der Waals surface area contributed by atoms with Crippen molar-refractivity contribution in [1.82, 2.24) is 25.3 Å². The largest absolute Gasteiger partial charge is 0.311 e. The van der Waals surface area contributed by atoms with Gasteiger partial charge in [0, 0.05) is 31.7 Å². The van der Waals surface area contributed by atoms with Crippen molar-refractivity contribution in [3.05, 3.63) is 42.0 Å². The molecule has 0 radical (unpaired) electrons. The lowest BCUT2D eigenvalue weighted by Crippen LogP contribution is -2.16. The van der Waals surface area contributed by atoms with E-state index in [9.17, 15) is 0 Å². The Labute approximate surface area is 113 Å². The van der Waals surface area contributed by atoms with Crippen LogP contribution in [0, 0.1) is 5.92 Å². The van der Waals surface area contributed by atoms with Crippen LogP contribution in [0.4, 0.5) is 0 Å². The molecule has 1 N–H and O–H groups in total. The summed E-state index contributed by atoms with van der Waals surface area (Å²) in [6.45, 7) is 2.78. The molecule has 1 aliphatic carbocycles. The van der Waals surface area contributed by atoms with Gasteiger partial charge in [-0.05, 0) is 43.4 Å². The van der Waals surface area contributed by atoms with Gasteiger partial charge in [-0.3, -0.25) is 9.67 Å². The van der Waals surface area contributed by atoms with Gasteiger partial charge in [-0.15, -0.1) is 5.10 Å². The van der Waals surface area contributed by atoms with Crippen molar-refractivity contribution < 1.29 is 0 Å². The second-order valence-electron chi connectivity index (χ2n) is 5.16. The summed E-state index contributed by atoms with van der Waals surface area (Å²) in [6.07, 6.45) is 9.41. The normalized spacial score (nSPS) is 14.7. The predicted molar refractivity (Wildman–Crippen MR) is 72.4 cm³/mol. The molecule has 0 spiro atoms. The van der Waals surface area contributed by atoms with Gasteiger partial charge in [-0.25, -0.2) is 0 Å². The molecule has 19 heavy (non-hydrogen) atoms. The van der Waals surface area contributed by atoms with Gasteiger partial charge in [0.05, 0.1) is 5.69 Å². The minimum atomic E-state index is 0.823. The quantitative estimate of drug-likeness (QED) is 0.815. The standard InChI is InChI=1S/C14H19N5/c1-2-12(8-15-6-1)5-7-19-11-14(17-18-19)10-16-9-13-3-4-13/h1-2,6,8,11,13,16H,3-5,7,9-10H2. The highest BCUT2D eigenvalue weighted by Crippen LogP contribution is 2.27. The van der Waals surface area contributed by atoms with Crippen molar-refractivity contribution in [3.63, 3.8) is 0 Å². The summed E-state index contributed by atoms with van der Waals surface area (Å²) < 4.78 is 1.90. The number of aryl methyl sites for hydroxylation is 2. The molecule has 3 rings (SSSR count). The van der Waals surface area contributed by atoms with Crippen molar-refractivity contribution in [1.29, 1.82) is 0 Å². The van der Waals surface area contributed by atoms with Gasteiger partial charge in [-0.2, -0.15) is 0 Å². The maximum atomic E-state index is 4.18. The molecule has 1 fully saturated rings. The number of pyridine rings is 1. The molecular formula is C14H19N5. The van der Waals surface area contributed by atoms with Crippen LogP contribution in [-0.2, 0) is 19.5 Å². The number of rotatable bonds is 7. The Morgan fingerprint density at radius 2 is 2.32 bits per heavy atom. The zero-order chi connectivity index (χ0) is 12.9. The van der Waals surface area contributed by atoms with E-state index in [1.807, 2.05) is 23.1 Å². The molecule has 0 aromatic carbocycles. The Hall–Kier alpha value is -1.75. The van der Waals surface area contributed by atoms with Crippen LogP contribution in [0.3, 0.4) is 0 Å². The Balaban J connectivity index is 1.44. The van der Waals surface area contributed by atoms with E-state index in [0.29, 0.717) is 0 Å². The smallest absolute Gasteiger partial charge is 0.0964 e. The SMILES string of the molecule is c1cncc(CCn2cc(CNCC3CC3)nn2)c1. The second-order valence-corrected chi connectivity index (χ2v) is 5.16. The molecule has 100 valence electrons. The van der Waals surface area contributed by atoms with Crippen molar-refractivity contribution in [3.8, 4) is 0 Å². The molecule has 0 unspecified atom stereocenters. The first-order valence-corrected chi connectivity index (χ1v) is 6.89. The number of aromatic nitrogens is 4. The van der Waals surface area contributed by atoms with Crippen molar-refractivity contribution in [2.24, 2.45) is 5.92 Å². The first-order valence-electron chi connectivity index (χ1n) is 6.89. The van der Waals surface area contributed by atoms with Gasteiger partial charge in [0.25, 0.3) is 0 Å². The molecule has 0 atom stereocenters. The maximum Gasteiger partial charge on any atom is 0.0964 e. The minimum Gasteiger partial charge on any atom is -0.311 e. The lowest BCUT2D eigenvalue weighted by Gasteiger charge is -2.00. The maximum absolute atomic E-state index is 4.18. The summed E-state index contributed by atoms with van der Waals surface area (Å²) in [6, 6.07) is 4.05. The van der Waals surface area contributed by atoms with Crippen LogP contribution in [0.2, 0.25) is 0 Å². The molecule has 1 saturated carbocycles. The third-order valence-electron chi connectivity index (χ3n) is 3.37. The fourth-order valence-corrected chi connectivity index (χ4v) is 2.04. The monoisotopic (exact) mass is 257 g/mol. The number of hydrogen-bond donors (Lipinski definition) is 1. The summed E-state index contributed by atoms with van der Waals surface area (Å²) in [4.78, 5) is 4.11. The highest BCUT2D eigenvalue weighted by atomic mass is 15.4. The van der Waals surface area contributed by atoms with Gasteiger partial charge in [0.1, 0.15) is 0 Å². The fraction of sp³-hybridized carbons (Fsp3) is 0.500. The van der Waals surface area contributed by atoms with E-state index in [0.717, 1.165) is 37.7 Å². The molecule has 5 nitrogen and oxygen atoms in total. The van der Waals surface area contributed by atoms with Gasteiger partial charge in [-0.1, -0.05) is 11.3 Å². The predicted octanol–water partition coefficient (Wildman–Crippen LogP) is 1.42. The van der Waals surface area contributed by atoms with E-state index in [-0.39, 0.29) is 0 Å². The molecule has 0 amide bonds. The van der Waals surface area contributed by atoms with E-state index in [2.05, 4.69) is 26.7 Å². The van der Waals surface area contributed by atoms with Crippen LogP contribution in [0.5, 0.6) is 0 Å². The Bertz CT molecular complexity index is 504. The fourth-order valence-electron chi connectivity index (χ4n) is 2.04. The zero-order valence-corrected chi connectivity index (χ0v) is 11.0. The molecule has 0 saturated heterocycles. The number of nitrogens with one attached hydrogen (secondary N) is 1. The van der Waals surface area contributed by atoms with Crippen molar-refractivity contribution in [2.45, 2.75) is 32.4 Å². The topological polar surface area (TPSA) is 55.6 Å². The van der Waals surface area contributed by atoms with Crippen molar-refractivity contribution in [2.75, 3.05) is 6.54 Å². The highest BCUT2D eigenvalue weighted by Gasteiger charge is 2.20. The van der Waals surface area contributed by atoms with E-state index in [1.165, 1.54) is 18.4 Å². The number of hydrogen-bond acceptors (Lipinski definition) is 4. The summed E-state index contributed by atoms with van der Waals surface area (Å²) in [7, 11) is 0. The molecule has 2 aromatic heterocycles. The number of nitrogens with zero attached hydrogens (tertiary/aromatic N) is 4. The van der Waals surface area contributed by atoms with Crippen LogP contribution >= 0.6 is 0 Å². The van der Waals surface area contributed by atoms with E-state index in [1.54, 1.807) is 6.20 Å². The zero-order valence-electron chi connectivity index (χ0n) is 11.0. The van der Waals surface area contributed by atoms with Crippen LogP contribution in [0.1, 0.15) is 24.1 Å². The van der Waals surface area contributed by atoms with Gasteiger partial charge < -0.3 is 5.32 Å². The van der Waals surface area contributed by atoms with E-state index in [4.69, 9.17) is 0 Å². The van der Waals surface area contributed by atoms with Crippen molar-refractivity contribution >= 4 is 0 Å². The van der Waals surface area contributed by atoms with E-state index >= 15 is 0 Å². The minimum absolute atomic E-state index is 0.823. The summed E-state index contributed by atoms with van der Waals surface area (Å²) in [5.41, 5.74) is 2.25. The third kappa shape index (κ3) is 3.86. The molecule has 2 heterocycles.